The highest BCUT2D eigenvalue weighted by Crippen LogP contribution is 2.23. The second kappa shape index (κ2) is 9.01. The van der Waals surface area contributed by atoms with Gasteiger partial charge in [0.05, 0.1) is 11.3 Å². The Kier molecular flexibility index (Phi) is 6.23. The zero-order chi connectivity index (χ0) is 19.9. The number of aryl methyl sites for hydroxylation is 1. The highest BCUT2D eigenvalue weighted by atomic mass is 32.1. The van der Waals surface area contributed by atoms with Gasteiger partial charge in [-0.2, -0.15) is 0 Å². The minimum atomic E-state index is -0.631. The SMILES string of the molecule is Cc1ccc(CNC(=O)COC(=O)c2ccc(NC(=O)c3ccco3)s2)cc1. The van der Waals surface area contributed by atoms with Crippen molar-refractivity contribution in [3.63, 3.8) is 0 Å². The van der Waals surface area contributed by atoms with Crippen molar-refractivity contribution in [3.05, 3.63) is 76.6 Å². The first-order chi connectivity index (χ1) is 13.5. The average Bonchev–Trinajstić information content (AvgIpc) is 3.38. The molecule has 144 valence electrons. The molecule has 2 amide bonds. The van der Waals surface area contributed by atoms with Gasteiger partial charge in [-0.1, -0.05) is 29.8 Å². The van der Waals surface area contributed by atoms with Crippen LogP contribution in [0, 0.1) is 6.92 Å². The van der Waals surface area contributed by atoms with Crippen LogP contribution < -0.4 is 10.6 Å². The predicted molar refractivity (Wildman–Crippen MR) is 104 cm³/mol. The topological polar surface area (TPSA) is 97.6 Å². The number of carbonyl (C=O) groups is 3. The van der Waals surface area contributed by atoms with Crippen molar-refractivity contribution in [1.29, 1.82) is 0 Å². The Balaban J connectivity index is 1.44. The average molecular weight is 398 g/mol. The van der Waals surface area contributed by atoms with Crippen LogP contribution in [0.5, 0.6) is 0 Å². The van der Waals surface area contributed by atoms with Crippen molar-refractivity contribution in [3.8, 4) is 0 Å². The Bertz CT molecular complexity index is 961. The van der Waals surface area contributed by atoms with Gasteiger partial charge in [-0.25, -0.2) is 4.79 Å². The Morgan fingerprint density at radius 3 is 2.57 bits per heavy atom. The molecule has 3 aromatic rings. The van der Waals surface area contributed by atoms with E-state index in [9.17, 15) is 14.4 Å². The molecule has 8 heteroatoms. The number of esters is 1. The van der Waals surface area contributed by atoms with Crippen LogP contribution in [0.3, 0.4) is 0 Å². The molecule has 28 heavy (non-hydrogen) atoms. The Hall–Kier alpha value is -3.39. The van der Waals surface area contributed by atoms with Gasteiger partial charge >= 0.3 is 5.97 Å². The van der Waals surface area contributed by atoms with E-state index < -0.39 is 17.8 Å². The lowest BCUT2D eigenvalue weighted by Gasteiger charge is -2.06. The third kappa shape index (κ3) is 5.31. The van der Waals surface area contributed by atoms with Crippen LogP contribution >= 0.6 is 11.3 Å². The number of benzene rings is 1. The molecule has 0 aliphatic carbocycles. The smallest absolute Gasteiger partial charge is 0.348 e. The number of carbonyl (C=O) groups excluding carboxylic acids is 3. The maximum atomic E-state index is 12.1. The molecule has 0 aliphatic heterocycles. The lowest BCUT2D eigenvalue weighted by atomic mass is 10.1. The van der Waals surface area contributed by atoms with Gasteiger partial charge in [-0.3, -0.25) is 9.59 Å². The largest absolute Gasteiger partial charge is 0.459 e. The van der Waals surface area contributed by atoms with Crippen LogP contribution in [0.15, 0.2) is 59.2 Å². The summed E-state index contributed by atoms with van der Waals surface area (Å²) in [7, 11) is 0. The number of ether oxygens (including phenoxy) is 1. The zero-order valence-corrected chi connectivity index (χ0v) is 15.9. The molecule has 0 saturated carbocycles. The van der Waals surface area contributed by atoms with E-state index in [0.29, 0.717) is 11.5 Å². The standard InChI is InChI=1S/C20H18N2O5S/c1-13-4-6-14(7-5-13)11-21-17(23)12-27-20(25)16-8-9-18(28-16)22-19(24)15-3-2-10-26-15/h2-10H,11-12H2,1H3,(H,21,23)(H,22,24). The second-order valence-electron chi connectivity index (χ2n) is 5.93. The third-order valence-corrected chi connectivity index (χ3v) is 4.71. The third-order valence-electron chi connectivity index (χ3n) is 3.73. The minimum absolute atomic E-state index is 0.169. The molecule has 2 heterocycles. The molecule has 1 aromatic carbocycles. The van der Waals surface area contributed by atoms with Crippen molar-refractivity contribution in [1.82, 2.24) is 5.32 Å². The number of amides is 2. The molecule has 2 N–H and O–H groups in total. The van der Waals surface area contributed by atoms with Gasteiger partial charge in [0.1, 0.15) is 4.88 Å². The summed E-state index contributed by atoms with van der Waals surface area (Å²) in [5.41, 5.74) is 2.10. The molecule has 2 aromatic heterocycles. The molecule has 0 radical (unpaired) electrons. The van der Waals surface area contributed by atoms with Crippen molar-refractivity contribution >= 4 is 34.1 Å². The van der Waals surface area contributed by atoms with Crippen LogP contribution in [-0.4, -0.2) is 24.4 Å². The highest BCUT2D eigenvalue weighted by molar-refractivity contribution is 7.18. The van der Waals surface area contributed by atoms with Gasteiger partial charge in [-0.05, 0) is 36.8 Å². The fourth-order valence-electron chi connectivity index (χ4n) is 2.26. The number of nitrogens with one attached hydrogen (secondary N) is 2. The summed E-state index contributed by atoms with van der Waals surface area (Å²) < 4.78 is 10.0. The van der Waals surface area contributed by atoms with Gasteiger partial charge in [0.25, 0.3) is 11.8 Å². The van der Waals surface area contributed by atoms with Crippen molar-refractivity contribution in [2.75, 3.05) is 11.9 Å². The second-order valence-corrected chi connectivity index (χ2v) is 7.02. The summed E-state index contributed by atoms with van der Waals surface area (Å²) in [6, 6.07) is 14.0. The van der Waals surface area contributed by atoms with Gasteiger partial charge in [-0.15, -0.1) is 11.3 Å². The molecule has 7 nitrogen and oxygen atoms in total. The van der Waals surface area contributed by atoms with E-state index in [1.807, 2.05) is 31.2 Å². The van der Waals surface area contributed by atoms with Gasteiger partial charge in [0.15, 0.2) is 12.4 Å². The Morgan fingerprint density at radius 1 is 1.07 bits per heavy atom. The lowest BCUT2D eigenvalue weighted by Crippen LogP contribution is -2.28. The maximum absolute atomic E-state index is 12.1. The van der Waals surface area contributed by atoms with E-state index in [-0.39, 0.29) is 17.2 Å². The maximum Gasteiger partial charge on any atom is 0.348 e. The van der Waals surface area contributed by atoms with E-state index in [1.165, 1.54) is 18.4 Å². The first-order valence-corrected chi connectivity index (χ1v) is 9.27. The van der Waals surface area contributed by atoms with Crippen LogP contribution in [0.2, 0.25) is 0 Å². The highest BCUT2D eigenvalue weighted by Gasteiger charge is 2.15. The van der Waals surface area contributed by atoms with E-state index in [4.69, 9.17) is 9.15 Å². The van der Waals surface area contributed by atoms with Crippen LogP contribution in [0.4, 0.5) is 5.00 Å². The normalized spacial score (nSPS) is 10.3. The zero-order valence-electron chi connectivity index (χ0n) is 15.1. The number of furan rings is 1. The summed E-state index contributed by atoms with van der Waals surface area (Å²) in [5, 5.41) is 5.79. The number of thiophene rings is 1. The fraction of sp³-hybridized carbons (Fsp3) is 0.150. The van der Waals surface area contributed by atoms with Crippen LogP contribution in [-0.2, 0) is 16.1 Å². The molecule has 0 aliphatic rings. The molecule has 0 atom stereocenters. The molecule has 0 unspecified atom stereocenters. The van der Waals surface area contributed by atoms with E-state index in [2.05, 4.69) is 10.6 Å². The molecule has 0 spiro atoms. The number of rotatable bonds is 7. The Labute approximate surface area is 165 Å². The Morgan fingerprint density at radius 2 is 1.86 bits per heavy atom. The number of anilines is 1. The van der Waals surface area contributed by atoms with Gasteiger partial charge in [0.2, 0.25) is 0 Å². The van der Waals surface area contributed by atoms with Gasteiger partial charge < -0.3 is 19.8 Å². The van der Waals surface area contributed by atoms with Gasteiger partial charge in [0, 0.05) is 6.54 Å². The van der Waals surface area contributed by atoms with Crippen LogP contribution in [0.25, 0.3) is 0 Å². The monoisotopic (exact) mass is 398 g/mol. The molecule has 0 fully saturated rings. The van der Waals surface area contributed by atoms with E-state index in [0.717, 1.165) is 22.5 Å². The molecule has 3 rings (SSSR count). The minimum Gasteiger partial charge on any atom is -0.459 e. The summed E-state index contributed by atoms with van der Waals surface area (Å²) in [4.78, 5) is 36.1. The summed E-state index contributed by atoms with van der Waals surface area (Å²) in [5.74, 6) is -1.27. The molecular formula is C20H18N2O5S. The van der Waals surface area contributed by atoms with Crippen molar-refractivity contribution in [2.45, 2.75) is 13.5 Å². The van der Waals surface area contributed by atoms with E-state index >= 15 is 0 Å². The fourth-order valence-corrected chi connectivity index (χ4v) is 3.05. The van der Waals surface area contributed by atoms with Crippen molar-refractivity contribution in [2.24, 2.45) is 0 Å². The van der Waals surface area contributed by atoms with E-state index in [1.54, 1.807) is 12.1 Å². The predicted octanol–water partition coefficient (Wildman–Crippen LogP) is 3.38. The summed E-state index contributed by atoms with van der Waals surface area (Å²) in [6.07, 6.45) is 1.40. The summed E-state index contributed by atoms with van der Waals surface area (Å²) in [6.45, 7) is 1.97. The van der Waals surface area contributed by atoms with Crippen molar-refractivity contribution < 1.29 is 23.5 Å². The molecule has 0 saturated heterocycles. The molecular weight excluding hydrogens is 380 g/mol. The molecule has 0 bridgehead atoms. The first kappa shape index (κ1) is 19.4. The number of hydrogen-bond donors (Lipinski definition) is 2. The lowest BCUT2D eigenvalue weighted by molar-refractivity contribution is -0.124. The summed E-state index contributed by atoms with van der Waals surface area (Å²) >= 11 is 1.05. The first-order valence-electron chi connectivity index (χ1n) is 8.45. The quantitative estimate of drug-likeness (QED) is 0.595. The van der Waals surface area contributed by atoms with Crippen LogP contribution in [0.1, 0.15) is 31.4 Å². The number of hydrogen-bond acceptors (Lipinski definition) is 6.